The molecule has 0 spiro atoms. The molecule has 3 nitrogen and oxygen atoms in total. The zero-order chi connectivity index (χ0) is 21.8. The van der Waals surface area contributed by atoms with Crippen LogP contribution in [0.1, 0.15) is 49.8 Å². The average molecular weight is 416 g/mol. The zero-order valence-corrected chi connectivity index (χ0v) is 18.9. The van der Waals surface area contributed by atoms with Crippen molar-refractivity contribution in [2.24, 2.45) is 0 Å². The van der Waals surface area contributed by atoms with E-state index in [9.17, 15) is 4.79 Å². The van der Waals surface area contributed by atoms with Gasteiger partial charge < -0.3 is 9.53 Å². The van der Waals surface area contributed by atoms with E-state index < -0.39 is 0 Å². The van der Waals surface area contributed by atoms with E-state index in [4.69, 9.17) is 4.74 Å². The van der Waals surface area contributed by atoms with E-state index in [0.29, 0.717) is 18.9 Å². The molecular formula is C28H33NO2. The lowest BCUT2D eigenvalue weighted by Crippen LogP contribution is -2.52. The highest BCUT2D eigenvalue weighted by atomic mass is 16.5. The molecule has 3 heteroatoms. The summed E-state index contributed by atoms with van der Waals surface area (Å²) in [5, 5.41) is 2.52. The van der Waals surface area contributed by atoms with Gasteiger partial charge >= 0.3 is 0 Å². The van der Waals surface area contributed by atoms with E-state index in [1.165, 1.54) is 21.9 Å². The molecule has 0 amide bonds. The normalized spacial score (nSPS) is 20.1. The lowest BCUT2D eigenvalue weighted by molar-refractivity contribution is -0.107. The number of fused-ring (bicyclic) bond motifs is 1. The molecule has 1 aliphatic heterocycles. The van der Waals surface area contributed by atoms with Crippen molar-refractivity contribution in [2.45, 2.75) is 57.8 Å². The van der Waals surface area contributed by atoms with Crippen molar-refractivity contribution < 1.29 is 9.53 Å². The minimum Gasteiger partial charge on any atom is -0.372 e. The highest BCUT2D eigenvalue weighted by Gasteiger charge is 2.35. The largest absolute Gasteiger partial charge is 0.372 e. The average Bonchev–Trinajstić information content (AvgIpc) is 2.77. The summed E-state index contributed by atoms with van der Waals surface area (Å²) in [4.78, 5) is 13.4. The van der Waals surface area contributed by atoms with E-state index in [0.717, 1.165) is 31.4 Å². The van der Waals surface area contributed by atoms with E-state index in [2.05, 4.69) is 92.4 Å². The van der Waals surface area contributed by atoms with Crippen LogP contribution >= 0.6 is 0 Å². The summed E-state index contributed by atoms with van der Waals surface area (Å²) in [6, 6.07) is 23.6. The molecule has 1 saturated heterocycles. The summed E-state index contributed by atoms with van der Waals surface area (Å²) in [6.45, 7) is 9.46. The number of hydrogen-bond donors (Lipinski definition) is 0. The highest BCUT2D eigenvalue weighted by Crippen LogP contribution is 2.34. The van der Waals surface area contributed by atoms with Gasteiger partial charge in [-0.25, -0.2) is 0 Å². The molecule has 31 heavy (non-hydrogen) atoms. The minimum atomic E-state index is 0.128. The van der Waals surface area contributed by atoms with Crippen molar-refractivity contribution >= 4 is 17.1 Å². The molecule has 1 aliphatic rings. The van der Waals surface area contributed by atoms with Crippen LogP contribution in [0.25, 0.3) is 10.8 Å². The summed E-state index contributed by atoms with van der Waals surface area (Å²) < 4.78 is 6.59. The number of likely N-dealkylation sites (tertiary alicyclic amines) is 1. The highest BCUT2D eigenvalue weighted by molar-refractivity contribution is 5.82. The Balaban J connectivity index is 1.53. The number of aldehydes is 1. The lowest BCUT2D eigenvalue weighted by Gasteiger charge is -2.45. The third-order valence-corrected chi connectivity index (χ3v) is 6.51. The van der Waals surface area contributed by atoms with E-state index in [1.54, 1.807) is 0 Å². The van der Waals surface area contributed by atoms with Crippen LogP contribution in [0.4, 0.5) is 0 Å². The predicted molar refractivity (Wildman–Crippen MR) is 127 cm³/mol. The minimum absolute atomic E-state index is 0.128. The molecule has 0 aromatic heterocycles. The molecule has 2 unspecified atom stereocenters. The topological polar surface area (TPSA) is 29.5 Å². The van der Waals surface area contributed by atoms with Gasteiger partial charge in [-0.05, 0) is 67.3 Å². The Hall–Kier alpha value is -2.49. The van der Waals surface area contributed by atoms with Crippen molar-refractivity contribution in [2.75, 3.05) is 13.1 Å². The third-order valence-electron chi connectivity index (χ3n) is 6.51. The van der Waals surface area contributed by atoms with Gasteiger partial charge in [0.2, 0.25) is 0 Å². The molecular weight excluding hydrogens is 382 g/mol. The van der Waals surface area contributed by atoms with Crippen molar-refractivity contribution in [1.29, 1.82) is 0 Å². The Morgan fingerprint density at radius 1 is 0.968 bits per heavy atom. The number of carbonyl (C=O) groups excluding carboxylic acids is 1. The Morgan fingerprint density at radius 2 is 1.68 bits per heavy atom. The number of nitrogens with zero attached hydrogens (tertiary/aromatic N) is 1. The summed E-state index contributed by atoms with van der Waals surface area (Å²) in [5.41, 5.74) is 3.72. The van der Waals surface area contributed by atoms with Crippen LogP contribution in [-0.4, -0.2) is 35.9 Å². The first-order valence-electron chi connectivity index (χ1n) is 11.3. The van der Waals surface area contributed by atoms with Gasteiger partial charge in [-0.3, -0.25) is 4.90 Å². The maximum absolute atomic E-state index is 10.8. The number of piperidine rings is 1. The fourth-order valence-corrected chi connectivity index (χ4v) is 4.60. The fraction of sp³-hybridized carbons (Fsp3) is 0.393. The first-order valence-corrected chi connectivity index (χ1v) is 11.3. The molecule has 2 atom stereocenters. The van der Waals surface area contributed by atoms with Crippen LogP contribution in [0.3, 0.4) is 0 Å². The summed E-state index contributed by atoms with van der Waals surface area (Å²) in [7, 11) is 0. The SMILES string of the molecule is CC(C)(C)N1CCC(c2ccc(CC=O)cc2)C(OCc2ccc3ccccc3c2)C1. The standard InChI is InChI=1S/C28H33NO2/c1-28(2,3)29-16-14-26(24-12-8-21(9-13-24)15-17-30)27(19-29)31-20-22-10-11-23-6-4-5-7-25(23)18-22/h4-13,17-18,26-27H,14-16,19-20H2,1-3H3. The van der Waals surface area contributed by atoms with Gasteiger partial charge in [0, 0.05) is 24.4 Å². The molecule has 0 radical (unpaired) electrons. The molecule has 162 valence electrons. The first kappa shape index (κ1) is 21.7. The van der Waals surface area contributed by atoms with Crippen LogP contribution in [0.5, 0.6) is 0 Å². The number of ether oxygens (including phenoxy) is 1. The smallest absolute Gasteiger partial charge is 0.124 e. The number of hydrogen-bond acceptors (Lipinski definition) is 3. The molecule has 0 aliphatic carbocycles. The van der Waals surface area contributed by atoms with Crippen LogP contribution < -0.4 is 0 Å². The van der Waals surface area contributed by atoms with Gasteiger partial charge in [0.25, 0.3) is 0 Å². The molecule has 1 fully saturated rings. The van der Waals surface area contributed by atoms with Crippen molar-refractivity contribution in [1.82, 2.24) is 4.90 Å². The quantitative estimate of drug-likeness (QED) is 0.480. The number of benzene rings is 3. The second-order valence-corrected chi connectivity index (χ2v) is 9.66. The van der Waals surface area contributed by atoms with Crippen LogP contribution in [0.2, 0.25) is 0 Å². The molecule has 3 aromatic carbocycles. The summed E-state index contributed by atoms with van der Waals surface area (Å²) in [5.74, 6) is 0.365. The van der Waals surface area contributed by atoms with Crippen molar-refractivity contribution in [3.8, 4) is 0 Å². The Morgan fingerprint density at radius 3 is 2.39 bits per heavy atom. The second-order valence-electron chi connectivity index (χ2n) is 9.66. The van der Waals surface area contributed by atoms with Crippen LogP contribution in [-0.2, 0) is 22.6 Å². The van der Waals surface area contributed by atoms with Gasteiger partial charge in [0.05, 0.1) is 12.7 Å². The first-order chi connectivity index (χ1) is 14.9. The Bertz CT molecular complexity index is 1020. The van der Waals surface area contributed by atoms with E-state index in [1.807, 2.05) is 0 Å². The van der Waals surface area contributed by atoms with Crippen LogP contribution in [0, 0.1) is 0 Å². The fourth-order valence-electron chi connectivity index (χ4n) is 4.60. The van der Waals surface area contributed by atoms with Gasteiger partial charge in [0.1, 0.15) is 6.29 Å². The van der Waals surface area contributed by atoms with Gasteiger partial charge in [-0.15, -0.1) is 0 Å². The van der Waals surface area contributed by atoms with Gasteiger partial charge in [-0.1, -0.05) is 60.7 Å². The maximum Gasteiger partial charge on any atom is 0.124 e. The monoisotopic (exact) mass is 415 g/mol. The van der Waals surface area contributed by atoms with Crippen LogP contribution in [0.15, 0.2) is 66.7 Å². The molecule has 3 aromatic rings. The molecule has 0 N–H and O–H groups in total. The third kappa shape index (κ3) is 5.23. The number of rotatable bonds is 6. The maximum atomic E-state index is 10.8. The Kier molecular flexibility index (Phi) is 6.54. The second kappa shape index (κ2) is 9.33. The Labute approximate surface area is 186 Å². The predicted octanol–water partition coefficient (Wildman–Crippen LogP) is 5.75. The van der Waals surface area contributed by atoms with Gasteiger partial charge in [0.15, 0.2) is 0 Å². The lowest BCUT2D eigenvalue weighted by atomic mass is 9.84. The summed E-state index contributed by atoms with van der Waals surface area (Å²) >= 11 is 0. The molecule has 0 bridgehead atoms. The molecule has 0 saturated carbocycles. The van der Waals surface area contributed by atoms with E-state index >= 15 is 0 Å². The van der Waals surface area contributed by atoms with Gasteiger partial charge in [-0.2, -0.15) is 0 Å². The summed E-state index contributed by atoms with van der Waals surface area (Å²) in [6.07, 6.45) is 2.65. The van der Waals surface area contributed by atoms with E-state index in [-0.39, 0.29) is 11.6 Å². The zero-order valence-electron chi connectivity index (χ0n) is 18.9. The molecule has 1 heterocycles. The molecule has 4 rings (SSSR count). The van der Waals surface area contributed by atoms with Crippen molar-refractivity contribution in [3.63, 3.8) is 0 Å². The number of carbonyl (C=O) groups is 1. The van der Waals surface area contributed by atoms with Crippen molar-refractivity contribution in [3.05, 3.63) is 83.4 Å².